The van der Waals surface area contributed by atoms with E-state index in [4.69, 9.17) is 9.97 Å². The van der Waals surface area contributed by atoms with Crippen LogP contribution < -0.4 is 0 Å². The summed E-state index contributed by atoms with van der Waals surface area (Å²) in [7, 11) is 2.16. The van der Waals surface area contributed by atoms with Crippen LogP contribution in [0.4, 0.5) is 0 Å². The highest BCUT2D eigenvalue weighted by Crippen LogP contribution is 2.33. The first-order valence-corrected chi connectivity index (χ1v) is 9.51. The van der Waals surface area contributed by atoms with Gasteiger partial charge >= 0.3 is 0 Å². The number of benzene rings is 1. The van der Waals surface area contributed by atoms with E-state index in [2.05, 4.69) is 56.3 Å². The van der Waals surface area contributed by atoms with Crippen LogP contribution in [0.2, 0.25) is 0 Å². The average Bonchev–Trinajstić information content (AvgIpc) is 2.96. The Morgan fingerprint density at radius 1 is 1.26 bits per heavy atom. The molecule has 5 nitrogen and oxygen atoms in total. The molecule has 0 spiro atoms. The molecular formula is C22H25N5. The van der Waals surface area contributed by atoms with E-state index < -0.39 is 0 Å². The molecule has 1 unspecified atom stereocenters. The number of aryl methyl sites for hydroxylation is 1. The highest BCUT2D eigenvalue weighted by Gasteiger charge is 2.27. The zero-order chi connectivity index (χ0) is 19.3. The Labute approximate surface area is 160 Å². The predicted octanol–water partition coefficient (Wildman–Crippen LogP) is 4.27. The summed E-state index contributed by atoms with van der Waals surface area (Å²) in [5, 5.41) is 10.4. The van der Waals surface area contributed by atoms with Gasteiger partial charge in [0.15, 0.2) is 0 Å². The third-order valence-corrected chi connectivity index (χ3v) is 5.44. The predicted molar refractivity (Wildman–Crippen MR) is 107 cm³/mol. The van der Waals surface area contributed by atoms with Gasteiger partial charge in [0.25, 0.3) is 0 Å². The van der Waals surface area contributed by atoms with Crippen molar-refractivity contribution in [2.75, 3.05) is 13.6 Å². The molecule has 0 amide bonds. The van der Waals surface area contributed by atoms with Gasteiger partial charge in [-0.25, -0.2) is 9.97 Å². The molecule has 0 saturated heterocycles. The lowest BCUT2D eigenvalue weighted by Crippen LogP contribution is -2.32. The fourth-order valence-corrected chi connectivity index (χ4v) is 4.27. The molecule has 138 valence electrons. The Kier molecular flexibility index (Phi) is 4.24. The van der Waals surface area contributed by atoms with Gasteiger partial charge in [0, 0.05) is 35.7 Å². The second kappa shape index (κ2) is 6.47. The summed E-state index contributed by atoms with van der Waals surface area (Å²) in [5.41, 5.74) is 6.29. The summed E-state index contributed by atoms with van der Waals surface area (Å²) in [6, 6.07) is 10.2. The summed E-state index contributed by atoms with van der Waals surface area (Å²) in [6.07, 6.45) is 0. The second-order valence-electron chi connectivity index (χ2n) is 8.00. The second-order valence-corrected chi connectivity index (χ2v) is 8.00. The first kappa shape index (κ1) is 17.7. The van der Waals surface area contributed by atoms with E-state index in [-0.39, 0.29) is 0 Å². The molecule has 27 heavy (non-hydrogen) atoms. The summed E-state index contributed by atoms with van der Waals surface area (Å²) in [5.74, 6) is 1.42. The number of aromatic nitrogens is 3. The third-order valence-electron chi connectivity index (χ3n) is 5.44. The van der Waals surface area contributed by atoms with E-state index >= 15 is 0 Å². The van der Waals surface area contributed by atoms with Crippen LogP contribution in [-0.4, -0.2) is 33.0 Å². The van der Waals surface area contributed by atoms with Crippen molar-refractivity contribution in [3.63, 3.8) is 0 Å². The molecule has 0 bridgehead atoms. The van der Waals surface area contributed by atoms with Crippen molar-refractivity contribution in [3.05, 3.63) is 52.5 Å². The van der Waals surface area contributed by atoms with E-state index in [1.54, 1.807) is 0 Å². The van der Waals surface area contributed by atoms with Crippen LogP contribution in [0.1, 0.15) is 60.8 Å². The van der Waals surface area contributed by atoms with Crippen LogP contribution in [0.3, 0.4) is 0 Å². The molecule has 1 aromatic carbocycles. The van der Waals surface area contributed by atoms with Crippen molar-refractivity contribution < 1.29 is 0 Å². The Morgan fingerprint density at radius 3 is 2.74 bits per heavy atom. The van der Waals surface area contributed by atoms with Crippen LogP contribution in [0.25, 0.3) is 16.9 Å². The molecule has 4 rings (SSSR count). The molecule has 0 radical (unpaired) electrons. The lowest BCUT2D eigenvalue weighted by molar-refractivity contribution is 0.281. The number of nitrogens with zero attached hydrogens (tertiary/aromatic N) is 5. The minimum absolute atomic E-state index is 0.330. The molecule has 0 N–H and O–H groups in total. The Morgan fingerprint density at radius 2 is 2.04 bits per heavy atom. The molecule has 2 aromatic heterocycles. The molecule has 5 heteroatoms. The summed E-state index contributed by atoms with van der Waals surface area (Å²) in [4.78, 5) is 12.4. The number of fused-ring (bicyclic) bond motifs is 2. The Bertz CT molecular complexity index is 1050. The maximum Gasteiger partial charge on any atom is 0.234 e. The van der Waals surface area contributed by atoms with Crippen molar-refractivity contribution in [2.45, 2.75) is 46.1 Å². The molecule has 1 aliphatic heterocycles. The number of nitriles is 1. The lowest BCUT2D eigenvalue weighted by Gasteiger charge is -2.31. The van der Waals surface area contributed by atoms with Gasteiger partial charge in [0.1, 0.15) is 0 Å². The first-order valence-electron chi connectivity index (χ1n) is 9.51. The third kappa shape index (κ3) is 2.81. The molecule has 0 saturated carbocycles. The number of rotatable bonds is 2. The Balaban J connectivity index is 2.00. The summed E-state index contributed by atoms with van der Waals surface area (Å²) in [6.45, 7) is 10.6. The highest BCUT2D eigenvalue weighted by atomic mass is 15.2. The lowest BCUT2D eigenvalue weighted by atomic mass is 9.92. The first-order chi connectivity index (χ1) is 12.9. The topological polar surface area (TPSA) is 57.7 Å². The van der Waals surface area contributed by atoms with E-state index in [1.165, 1.54) is 11.3 Å². The van der Waals surface area contributed by atoms with Crippen LogP contribution in [0.15, 0.2) is 24.3 Å². The minimum Gasteiger partial charge on any atom is -0.301 e. The molecule has 0 fully saturated rings. The fraction of sp³-hybridized carbons (Fsp3) is 0.409. The van der Waals surface area contributed by atoms with Gasteiger partial charge in [0.05, 0.1) is 28.5 Å². The molecule has 0 aliphatic carbocycles. The van der Waals surface area contributed by atoms with Crippen LogP contribution in [-0.2, 0) is 6.54 Å². The molecule has 3 heterocycles. The SMILES string of the molecule is Cc1cc2c(C#N)cccc2n1-c1nc(C(C)C)c2c(n1)C(C)CN(C)C2. The summed E-state index contributed by atoms with van der Waals surface area (Å²) >= 11 is 0. The van der Waals surface area contributed by atoms with Crippen LogP contribution in [0, 0.1) is 18.3 Å². The number of hydrogen-bond donors (Lipinski definition) is 0. The van der Waals surface area contributed by atoms with E-state index in [9.17, 15) is 5.26 Å². The molecule has 3 aromatic rings. The fourth-order valence-electron chi connectivity index (χ4n) is 4.27. The van der Waals surface area contributed by atoms with Gasteiger partial charge in [0.2, 0.25) is 5.95 Å². The zero-order valence-corrected chi connectivity index (χ0v) is 16.6. The van der Waals surface area contributed by atoms with Crippen molar-refractivity contribution >= 4 is 10.9 Å². The molecular weight excluding hydrogens is 334 g/mol. The van der Waals surface area contributed by atoms with Crippen molar-refractivity contribution in [3.8, 4) is 12.0 Å². The Hall–Kier alpha value is -2.71. The maximum absolute atomic E-state index is 9.45. The van der Waals surface area contributed by atoms with E-state index in [0.717, 1.165) is 41.3 Å². The number of likely N-dealkylation sites (N-methyl/N-ethyl adjacent to an activating group) is 1. The van der Waals surface area contributed by atoms with Gasteiger partial charge in [-0.15, -0.1) is 0 Å². The van der Waals surface area contributed by atoms with Crippen LogP contribution >= 0.6 is 0 Å². The van der Waals surface area contributed by atoms with Crippen molar-refractivity contribution in [1.29, 1.82) is 5.26 Å². The van der Waals surface area contributed by atoms with Gasteiger partial charge < -0.3 is 4.90 Å². The van der Waals surface area contributed by atoms with E-state index in [1.807, 2.05) is 18.2 Å². The zero-order valence-electron chi connectivity index (χ0n) is 16.6. The quantitative estimate of drug-likeness (QED) is 0.685. The summed E-state index contributed by atoms with van der Waals surface area (Å²) < 4.78 is 2.09. The standard InChI is InChI=1S/C22H25N5/c1-13(2)20-18-12-26(5)11-14(3)21(18)25-22(24-20)27-15(4)9-17-16(10-23)7-6-8-19(17)27/h6-9,13-14H,11-12H2,1-5H3. The van der Waals surface area contributed by atoms with Gasteiger partial charge in [-0.3, -0.25) is 4.57 Å². The minimum atomic E-state index is 0.330. The average molecular weight is 359 g/mol. The largest absolute Gasteiger partial charge is 0.301 e. The van der Waals surface area contributed by atoms with Gasteiger partial charge in [-0.1, -0.05) is 26.8 Å². The van der Waals surface area contributed by atoms with Crippen molar-refractivity contribution in [1.82, 2.24) is 19.4 Å². The highest BCUT2D eigenvalue weighted by molar-refractivity contribution is 5.88. The van der Waals surface area contributed by atoms with Crippen LogP contribution in [0.5, 0.6) is 0 Å². The van der Waals surface area contributed by atoms with Gasteiger partial charge in [-0.2, -0.15) is 5.26 Å². The number of hydrogen-bond acceptors (Lipinski definition) is 4. The van der Waals surface area contributed by atoms with Crippen molar-refractivity contribution in [2.24, 2.45) is 0 Å². The van der Waals surface area contributed by atoms with Gasteiger partial charge in [-0.05, 0) is 38.1 Å². The smallest absolute Gasteiger partial charge is 0.234 e. The van der Waals surface area contributed by atoms with E-state index in [0.29, 0.717) is 17.4 Å². The maximum atomic E-state index is 9.45. The molecule has 1 aliphatic rings. The molecule has 1 atom stereocenters. The normalized spacial score (nSPS) is 17.3. The monoisotopic (exact) mass is 359 g/mol.